The maximum Gasteiger partial charge on any atom is 0.223 e. The molecular formula is C14H19N5O. The average Bonchev–Trinajstić information content (AvgIpc) is 2.45. The van der Waals surface area contributed by atoms with Crippen LogP contribution in [0.2, 0.25) is 0 Å². The lowest BCUT2D eigenvalue weighted by Gasteiger charge is -2.12. The van der Waals surface area contributed by atoms with E-state index in [-0.39, 0.29) is 5.95 Å². The van der Waals surface area contributed by atoms with Gasteiger partial charge in [0.2, 0.25) is 5.95 Å². The Balaban J connectivity index is 2.23. The van der Waals surface area contributed by atoms with Gasteiger partial charge in [0.05, 0.1) is 6.61 Å². The van der Waals surface area contributed by atoms with E-state index in [0.29, 0.717) is 18.2 Å². The molecule has 1 heterocycles. The second kappa shape index (κ2) is 6.72. The first kappa shape index (κ1) is 14.1. The molecule has 1 aromatic carbocycles. The maximum absolute atomic E-state index is 5.68. The number of anilines is 4. The summed E-state index contributed by atoms with van der Waals surface area (Å²) in [6.45, 7) is 0.673. The summed E-state index contributed by atoms with van der Waals surface area (Å²) in [5.41, 5.74) is 7.84. The molecule has 2 aromatic rings. The number of benzene rings is 1. The molecule has 0 amide bonds. The van der Waals surface area contributed by atoms with Gasteiger partial charge in [0.15, 0.2) is 0 Å². The number of methoxy groups -OCH3 is 1. The smallest absolute Gasteiger partial charge is 0.223 e. The Labute approximate surface area is 118 Å². The van der Waals surface area contributed by atoms with Crippen LogP contribution in [-0.2, 0) is 11.2 Å². The molecule has 6 heteroatoms. The molecule has 0 bridgehead atoms. The zero-order chi connectivity index (χ0) is 14.4. The molecule has 0 spiro atoms. The first-order valence-electron chi connectivity index (χ1n) is 6.39. The molecular weight excluding hydrogens is 254 g/mol. The van der Waals surface area contributed by atoms with Crippen molar-refractivity contribution in [2.24, 2.45) is 0 Å². The summed E-state index contributed by atoms with van der Waals surface area (Å²) < 4.78 is 5.12. The lowest BCUT2D eigenvalue weighted by Crippen LogP contribution is -2.05. The Hall–Kier alpha value is -2.34. The average molecular weight is 273 g/mol. The zero-order valence-electron chi connectivity index (χ0n) is 11.7. The standard InChI is InChI=1S/C14H19N5O/c1-16-12-9-13(19-14(15)18-12)17-11-6-4-3-5-10(11)7-8-20-2/h3-6,9H,7-8H2,1-2H3,(H4,15,16,17,18,19). The molecule has 0 saturated heterocycles. The number of nitrogens with zero attached hydrogens (tertiary/aromatic N) is 2. The fraction of sp³-hybridized carbons (Fsp3) is 0.286. The first-order valence-corrected chi connectivity index (χ1v) is 6.39. The molecule has 20 heavy (non-hydrogen) atoms. The predicted octanol–water partition coefficient (Wildman–Crippen LogP) is 2.03. The molecule has 6 nitrogen and oxygen atoms in total. The summed E-state index contributed by atoms with van der Waals surface area (Å²) in [5, 5.41) is 6.22. The van der Waals surface area contributed by atoms with Crippen molar-refractivity contribution in [3.63, 3.8) is 0 Å². The topological polar surface area (TPSA) is 85.1 Å². The van der Waals surface area contributed by atoms with E-state index in [9.17, 15) is 0 Å². The Morgan fingerprint density at radius 1 is 1.20 bits per heavy atom. The number of nitrogens with one attached hydrogen (secondary N) is 2. The number of nitrogen functional groups attached to an aromatic ring is 1. The van der Waals surface area contributed by atoms with Crippen molar-refractivity contribution in [2.75, 3.05) is 37.1 Å². The Bertz CT molecular complexity index is 573. The van der Waals surface area contributed by atoms with Gasteiger partial charge >= 0.3 is 0 Å². The molecule has 1 aromatic heterocycles. The molecule has 0 aliphatic carbocycles. The van der Waals surface area contributed by atoms with Gasteiger partial charge in [-0.1, -0.05) is 18.2 Å². The van der Waals surface area contributed by atoms with Crippen molar-refractivity contribution in [2.45, 2.75) is 6.42 Å². The van der Waals surface area contributed by atoms with Gasteiger partial charge in [-0.2, -0.15) is 9.97 Å². The number of rotatable bonds is 6. The third-order valence-electron chi connectivity index (χ3n) is 2.86. The molecule has 0 unspecified atom stereocenters. The lowest BCUT2D eigenvalue weighted by atomic mass is 10.1. The van der Waals surface area contributed by atoms with Crippen LogP contribution in [0.5, 0.6) is 0 Å². The largest absolute Gasteiger partial charge is 0.384 e. The minimum absolute atomic E-state index is 0.230. The van der Waals surface area contributed by atoms with Crippen molar-refractivity contribution < 1.29 is 4.74 Å². The second-order valence-electron chi connectivity index (χ2n) is 4.27. The van der Waals surface area contributed by atoms with E-state index in [1.54, 1.807) is 14.2 Å². The van der Waals surface area contributed by atoms with Crippen LogP contribution in [0, 0.1) is 0 Å². The van der Waals surface area contributed by atoms with Crippen molar-refractivity contribution in [1.29, 1.82) is 0 Å². The van der Waals surface area contributed by atoms with Crippen molar-refractivity contribution in [3.8, 4) is 0 Å². The highest BCUT2D eigenvalue weighted by Gasteiger charge is 2.05. The van der Waals surface area contributed by atoms with Crippen LogP contribution in [0.25, 0.3) is 0 Å². The van der Waals surface area contributed by atoms with Crippen LogP contribution in [0.3, 0.4) is 0 Å². The van der Waals surface area contributed by atoms with Crippen molar-refractivity contribution in [3.05, 3.63) is 35.9 Å². The highest BCUT2D eigenvalue weighted by Crippen LogP contribution is 2.22. The monoisotopic (exact) mass is 273 g/mol. The summed E-state index contributed by atoms with van der Waals surface area (Å²) in [6.07, 6.45) is 0.832. The van der Waals surface area contributed by atoms with E-state index in [4.69, 9.17) is 10.5 Å². The van der Waals surface area contributed by atoms with Crippen LogP contribution < -0.4 is 16.4 Å². The molecule has 0 aliphatic rings. The summed E-state index contributed by atoms with van der Waals surface area (Å²) in [5.74, 6) is 1.56. The van der Waals surface area contributed by atoms with Crippen LogP contribution in [0.15, 0.2) is 30.3 Å². The number of aromatic nitrogens is 2. The second-order valence-corrected chi connectivity index (χ2v) is 4.27. The Kier molecular flexibility index (Phi) is 4.73. The van der Waals surface area contributed by atoms with Gasteiger partial charge in [0.25, 0.3) is 0 Å². The molecule has 0 radical (unpaired) electrons. The highest BCUT2D eigenvalue weighted by molar-refractivity contribution is 5.63. The fourth-order valence-electron chi connectivity index (χ4n) is 1.87. The maximum atomic E-state index is 5.68. The predicted molar refractivity (Wildman–Crippen MR) is 81.3 cm³/mol. The molecule has 2 rings (SSSR count). The van der Waals surface area contributed by atoms with Gasteiger partial charge in [0.1, 0.15) is 11.6 Å². The van der Waals surface area contributed by atoms with Gasteiger partial charge < -0.3 is 21.1 Å². The van der Waals surface area contributed by atoms with Gasteiger partial charge in [-0.3, -0.25) is 0 Å². The zero-order valence-corrected chi connectivity index (χ0v) is 11.7. The SMILES string of the molecule is CNc1cc(Nc2ccccc2CCOC)nc(N)n1. The lowest BCUT2D eigenvalue weighted by molar-refractivity contribution is 0.202. The first-order chi connectivity index (χ1) is 9.72. The quantitative estimate of drug-likeness (QED) is 0.746. The fourth-order valence-corrected chi connectivity index (χ4v) is 1.87. The number of nitrogens with two attached hydrogens (primary N) is 1. The molecule has 0 aliphatic heterocycles. The molecule has 4 N–H and O–H groups in total. The molecule has 0 saturated carbocycles. The summed E-state index contributed by atoms with van der Waals surface area (Å²) >= 11 is 0. The number of para-hydroxylation sites is 1. The highest BCUT2D eigenvalue weighted by atomic mass is 16.5. The van der Waals surface area contributed by atoms with Crippen LogP contribution in [0.4, 0.5) is 23.3 Å². The normalized spacial score (nSPS) is 10.3. The van der Waals surface area contributed by atoms with E-state index in [1.807, 2.05) is 24.3 Å². The van der Waals surface area contributed by atoms with E-state index in [0.717, 1.165) is 17.7 Å². The van der Waals surface area contributed by atoms with Gasteiger partial charge in [-0.05, 0) is 18.1 Å². The minimum atomic E-state index is 0.230. The Morgan fingerprint density at radius 3 is 2.70 bits per heavy atom. The van der Waals surface area contributed by atoms with Gasteiger partial charge in [-0.15, -0.1) is 0 Å². The Morgan fingerprint density at radius 2 is 1.95 bits per heavy atom. The van der Waals surface area contributed by atoms with E-state index >= 15 is 0 Å². The summed E-state index contributed by atoms with van der Waals surface area (Å²) in [4.78, 5) is 8.24. The molecule has 0 fully saturated rings. The van der Waals surface area contributed by atoms with Crippen LogP contribution in [-0.4, -0.2) is 30.7 Å². The van der Waals surface area contributed by atoms with E-state index < -0.39 is 0 Å². The van der Waals surface area contributed by atoms with Gasteiger partial charge in [-0.25, -0.2) is 0 Å². The molecule has 106 valence electrons. The summed E-state index contributed by atoms with van der Waals surface area (Å²) in [7, 11) is 3.48. The van der Waals surface area contributed by atoms with Gasteiger partial charge in [0, 0.05) is 25.9 Å². The number of hydrogen-bond donors (Lipinski definition) is 3. The summed E-state index contributed by atoms with van der Waals surface area (Å²) in [6, 6.07) is 9.85. The third-order valence-corrected chi connectivity index (χ3v) is 2.86. The third kappa shape index (κ3) is 3.58. The van der Waals surface area contributed by atoms with Crippen molar-refractivity contribution in [1.82, 2.24) is 9.97 Å². The van der Waals surface area contributed by atoms with Crippen molar-refractivity contribution >= 4 is 23.3 Å². The number of hydrogen-bond acceptors (Lipinski definition) is 6. The minimum Gasteiger partial charge on any atom is -0.384 e. The number of ether oxygens (including phenoxy) is 1. The van der Waals surface area contributed by atoms with E-state index in [1.165, 1.54) is 0 Å². The van der Waals surface area contributed by atoms with E-state index in [2.05, 4.69) is 26.7 Å². The molecule has 0 atom stereocenters. The van der Waals surface area contributed by atoms with Crippen LogP contribution >= 0.6 is 0 Å². The van der Waals surface area contributed by atoms with Crippen LogP contribution in [0.1, 0.15) is 5.56 Å².